The number of hydrogen-bond donors (Lipinski definition) is 1. The number of carbonyl (C=O) groups is 1. The highest BCUT2D eigenvalue weighted by molar-refractivity contribution is 6.00. The largest absolute Gasteiger partial charge is 0.488 e. The van der Waals surface area contributed by atoms with Gasteiger partial charge in [-0.3, -0.25) is 4.79 Å². The lowest BCUT2D eigenvalue weighted by atomic mass is 10.1. The topological polar surface area (TPSA) is 76.1 Å². The fourth-order valence-corrected chi connectivity index (χ4v) is 1.14. The third-order valence-corrected chi connectivity index (χ3v) is 1.95. The van der Waals surface area contributed by atoms with Gasteiger partial charge < -0.3 is 10.5 Å². The van der Waals surface area contributed by atoms with Gasteiger partial charge in [0.25, 0.3) is 12.3 Å². The van der Waals surface area contributed by atoms with Crippen molar-refractivity contribution in [3.63, 3.8) is 0 Å². The third-order valence-electron chi connectivity index (χ3n) is 1.95. The zero-order valence-corrected chi connectivity index (χ0v) is 9.27. The standard InChI is InChI=1S/C12H10F2N2O2/c13-11(14)7-18-10-3-1-8(2-4-10)5-9(6-15)12(16)17/h1-5,11H,7H2,(H2,16,17). The van der Waals surface area contributed by atoms with E-state index < -0.39 is 18.9 Å². The van der Waals surface area contributed by atoms with Crippen LogP contribution in [-0.2, 0) is 4.79 Å². The summed E-state index contributed by atoms with van der Waals surface area (Å²) in [6.07, 6.45) is -1.23. The molecule has 0 aliphatic rings. The first kappa shape index (κ1) is 13.6. The number of halogens is 2. The van der Waals surface area contributed by atoms with Gasteiger partial charge in [0.05, 0.1) is 0 Å². The van der Waals surface area contributed by atoms with Gasteiger partial charge in [0.15, 0.2) is 0 Å². The summed E-state index contributed by atoms with van der Waals surface area (Å²) in [7, 11) is 0. The first-order chi connectivity index (χ1) is 8.52. The number of nitrogens with zero attached hydrogens (tertiary/aromatic N) is 1. The molecule has 6 heteroatoms. The van der Waals surface area contributed by atoms with E-state index in [1.54, 1.807) is 6.07 Å². The van der Waals surface area contributed by atoms with Gasteiger partial charge in [-0.25, -0.2) is 8.78 Å². The molecule has 0 saturated heterocycles. The molecule has 0 unspecified atom stereocenters. The van der Waals surface area contributed by atoms with Crippen LogP contribution in [0.5, 0.6) is 5.75 Å². The zero-order chi connectivity index (χ0) is 13.5. The fraction of sp³-hybridized carbons (Fsp3) is 0.167. The van der Waals surface area contributed by atoms with E-state index in [9.17, 15) is 13.6 Å². The molecule has 0 aromatic heterocycles. The lowest BCUT2D eigenvalue weighted by Crippen LogP contribution is -2.12. The number of rotatable bonds is 5. The van der Waals surface area contributed by atoms with E-state index in [1.807, 2.05) is 0 Å². The van der Waals surface area contributed by atoms with Gasteiger partial charge in [0, 0.05) is 0 Å². The molecule has 1 aromatic rings. The second-order valence-electron chi connectivity index (χ2n) is 3.31. The molecule has 4 nitrogen and oxygen atoms in total. The molecule has 0 atom stereocenters. The molecule has 1 aromatic carbocycles. The minimum Gasteiger partial charge on any atom is -0.488 e. The van der Waals surface area contributed by atoms with Gasteiger partial charge in [-0.2, -0.15) is 5.26 Å². The Morgan fingerprint density at radius 3 is 2.50 bits per heavy atom. The summed E-state index contributed by atoms with van der Waals surface area (Å²) in [5.41, 5.74) is 5.33. The number of alkyl halides is 2. The summed E-state index contributed by atoms with van der Waals surface area (Å²) in [6.45, 7) is -0.681. The predicted octanol–water partition coefficient (Wildman–Crippen LogP) is 1.72. The average molecular weight is 252 g/mol. The van der Waals surface area contributed by atoms with Crippen molar-refractivity contribution < 1.29 is 18.3 Å². The van der Waals surface area contributed by atoms with E-state index in [-0.39, 0.29) is 11.3 Å². The molecule has 0 saturated carbocycles. The van der Waals surface area contributed by atoms with E-state index in [0.717, 1.165) is 0 Å². The molecule has 0 radical (unpaired) electrons. The Hall–Kier alpha value is -2.42. The number of primary amides is 1. The quantitative estimate of drug-likeness (QED) is 0.640. The number of nitrogens with two attached hydrogens (primary N) is 1. The lowest BCUT2D eigenvalue weighted by molar-refractivity contribution is -0.114. The van der Waals surface area contributed by atoms with Crippen molar-refractivity contribution in [3.05, 3.63) is 35.4 Å². The van der Waals surface area contributed by atoms with Crippen LogP contribution in [-0.4, -0.2) is 18.9 Å². The van der Waals surface area contributed by atoms with Crippen molar-refractivity contribution >= 4 is 12.0 Å². The van der Waals surface area contributed by atoms with Gasteiger partial charge in [-0.05, 0) is 23.8 Å². The van der Waals surface area contributed by atoms with Crippen LogP contribution in [0.25, 0.3) is 6.08 Å². The minimum atomic E-state index is -2.54. The van der Waals surface area contributed by atoms with Crippen LogP contribution in [0.2, 0.25) is 0 Å². The third kappa shape index (κ3) is 4.22. The Morgan fingerprint density at radius 1 is 1.44 bits per heavy atom. The number of carbonyl (C=O) groups excluding carboxylic acids is 1. The molecule has 0 heterocycles. The second-order valence-corrected chi connectivity index (χ2v) is 3.31. The number of amides is 1. The maximum atomic E-state index is 11.9. The SMILES string of the molecule is N#CC(=Cc1ccc(OCC(F)F)cc1)C(N)=O. The Morgan fingerprint density at radius 2 is 2.06 bits per heavy atom. The van der Waals surface area contributed by atoms with E-state index in [1.165, 1.54) is 30.3 Å². The number of nitriles is 1. The highest BCUT2D eigenvalue weighted by Crippen LogP contribution is 2.15. The molecule has 2 N–H and O–H groups in total. The number of hydrogen-bond acceptors (Lipinski definition) is 3. The van der Waals surface area contributed by atoms with Gasteiger partial charge in [0.1, 0.15) is 24.0 Å². The molecule has 0 aliphatic carbocycles. The van der Waals surface area contributed by atoms with E-state index >= 15 is 0 Å². The van der Waals surface area contributed by atoms with Gasteiger partial charge in [-0.15, -0.1) is 0 Å². The molecule has 94 valence electrons. The van der Waals surface area contributed by atoms with Crippen LogP contribution in [0.4, 0.5) is 8.78 Å². The van der Waals surface area contributed by atoms with E-state index in [0.29, 0.717) is 5.56 Å². The van der Waals surface area contributed by atoms with Gasteiger partial charge in [0.2, 0.25) is 0 Å². The van der Waals surface area contributed by atoms with E-state index in [2.05, 4.69) is 0 Å². The summed E-state index contributed by atoms with van der Waals surface area (Å²) < 4.78 is 28.5. The van der Waals surface area contributed by atoms with Gasteiger partial charge >= 0.3 is 0 Å². The minimum absolute atomic E-state index is 0.184. The smallest absolute Gasteiger partial charge is 0.272 e. The Labute approximate surface area is 102 Å². The maximum absolute atomic E-state index is 11.9. The Balaban J connectivity index is 2.77. The van der Waals surface area contributed by atoms with E-state index in [4.69, 9.17) is 15.7 Å². The summed E-state index contributed by atoms with van der Waals surface area (Å²) >= 11 is 0. The zero-order valence-electron chi connectivity index (χ0n) is 9.27. The van der Waals surface area contributed by atoms with Crippen molar-refractivity contribution in [2.75, 3.05) is 6.61 Å². The maximum Gasteiger partial charge on any atom is 0.272 e. The van der Waals surface area contributed by atoms with Crippen LogP contribution in [0, 0.1) is 11.3 Å². The highest BCUT2D eigenvalue weighted by atomic mass is 19.3. The molecule has 1 rings (SSSR count). The average Bonchev–Trinajstić information content (AvgIpc) is 2.34. The first-order valence-corrected chi connectivity index (χ1v) is 4.95. The van der Waals surface area contributed by atoms with Crippen LogP contribution >= 0.6 is 0 Å². The summed E-state index contributed by atoms with van der Waals surface area (Å²) in [5, 5.41) is 8.63. The Kier molecular flexibility index (Phi) is 4.81. The first-order valence-electron chi connectivity index (χ1n) is 4.95. The van der Waals surface area contributed by atoms with Crippen molar-refractivity contribution in [2.45, 2.75) is 6.43 Å². The predicted molar refractivity (Wildman–Crippen MR) is 60.7 cm³/mol. The molecular weight excluding hydrogens is 242 g/mol. The van der Waals surface area contributed by atoms with Crippen LogP contribution in [0.3, 0.4) is 0 Å². The summed E-state index contributed by atoms with van der Waals surface area (Å²) in [4.78, 5) is 10.8. The fourth-order valence-electron chi connectivity index (χ4n) is 1.14. The summed E-state index contributed by atoms with van der Waals surface area (Å²) in [5.74, 6) is -0.541. The monoisotopic (exact) mass is 252 g/mol. The summed E-state index contributed by atoms with van der Waals surface area (Å²) in [6, 6.07) is 7.64. The molecule has 0 aliphatic heterocycles. The molecule has 18 heavy (non-hydrogen) atoms. The van der Waals surface area contributed by atoms with Crippen molar-refractivity contribution in [1.82, 2.24) is 0 Å². The normalized spacial score (nSPS) is 11.1. The van der Waals surface area contributed by atoms with Crippen LogP contribution in [0.1, 0.15) is 5.56 Å². The van der Waals surface area contributed by atoms with Crippen LogP contribution in [0.15, 0.2) is 29.8 Å². The highest BCUT2D eigenvalue weighted by Gasteiger charge is 2.05. The lowest BCUT2D eigenvalue weighted by Gasteiger charge is -2.05. The number of ether oxygens (including phenoxy) is 1. The molecule has 0 fully saturated rings. The van der Waals surface area contributed by atoms with Gasteiger partial charge in [-0.1, -0.05) is 12.1 Å². The van der Waals surface area contributed by atoms with Crippen molar-refractivity contribution in [2.24, 2.45) is 5.73 Å². The van der Waals surface area contributed by atoms with Crippen molar-refractivity contribution in [3.8, 4) is 11.8 Å². The molecule has 1 amide bonds. The van der Waals surface area contributed by atoms with Crippen molar-refractivity contribution in [1.29, 1.82) is 5.26 Å². The molecular formula is C12H10F2N2O2. The van der Waals surface area contributed by atoms with Crippen LogP contribution < -0.4 is 10.5 Å². The molecule has 0 spiro atoms. The number of benzene rings is 1. The molecule has 0 bridgehead atoms. The Bertz CT molecular complexity index is 490. The second kappa shape index (κ2) is 6.35.